The lowest BCUT2D eigenvalue weighted by molar-refractivity contribution is 0.0822. The highest BCUT2D eigenvalue weighted by molar-refractivity contribution is 9.10. The molecule has 1 fully saturated rings. The Morgan fingerprint density at radius 1 is 1.06 bits per heavy atom. The van der Waals surface area contributed by atoms with Crippen molar-refractivity contribution < 1.29 is 4.74 Å². The number of nitrogens with zero attached hydrogens (tertiary/aromatic N) is 1. The molecule has 1 aliphatic heterocycles. The van der Waals surface area contributed by atoms with E-state index in [1.165, 1.54) is 44.2 Å². The van der Waals surface area contributed by atoms with Crippen LogP contribution in [-0.2, 0) is 24.7 Å². The number of fused-ring (bicyclic) bond motifs is 4. The molecule has 174 valence electrons. The summed E-state index contributed by atoms with van der Waals surface area (Å²) in [5, 5.41) is 1.37. The van der Waals surface area contributed by atoms with Crippen LogP contribution in [0, 0.1) is 5.92 Å². The van der Waals surface area contributed by atoms with Gasteiger partial charge in [-0.15, -0.1) is 0 Å². The van der Waals surface area contributed by atoms with Crippen LogP contribution in [0.15, 0.2) is 77.3 Å². The summed E-state index contributed by atoms with van der Waals surface area (Å²) in [6.45, 7) is 3.40. The molecule has 4 aromatic rings. The largest absolute Gasteiger partial charge is 0.497 e. The molecule has 4 heteroatoms. The van der Waals surface area contributed by atoms with Crippen molar-refractivity contribution in [3.8, 4) is 5.75 Å². The molecule has 2 heterocycles. The molecule has 0 radical (unpaired) electrons. The minimum atomic E-state index is 0.137. The van der Waals surface area contributed by atoms with E-state index in [1.54, 1.807) is 7.11 Å². The van der Waals surface area contributed by atoms with Crippen molar-refractivity contribution in [1.29, 1.82) is 0 Å². The van der Waals surface area contributed by atoms with E-state index in [4.69, 9.17) is 4.74 Å². The van der Waals surface area contributed by atoms with Crippen LogP contribution in [0.4, 0.5) is 0 Å². The summed E-state index contributed by atoms with van der Waals surface area (Å²) in [5.74, 6) is 1.53. The fourth-order valence-electron chi connectivity index (χ4n) is 6.44. The smallest absolute Gasteiger partial charge is 0.119 e. The van der Waals surface area contributed by atoms with Crippen LogP contribution in [0.25, 0.3) is 10.9 Å². The number of halogens is 1. The Morgan fingerprint density at radius 2 is 1.91 bits per heavy atom. The van der Waals surface area contributed by atoms with Gasteiger partial charge in [0.1, 0.15) is 5.75 Å². The van der Waals surface area contributed by atoms with E-state index in [2.05, 4.69) is 98.6 Å². The molecule has 34 heavy (non-hydrogen) atoms. The van der Waals surface area contributed by atoms with Crippen molar-refractivity contribution in [2.24, 2.45) is 5.92 Å². The molecule has 0 bridgehead atoms. The lowest BCUT2D eigenvalue weighted by atomic mass is 9.58. The Bertz CT molecular complexity index is 1310. The van der Waals surface area contributed by atoms with Crippen LogP contribution in [0.3, 0.4) is 0 Å². The van der Waals surface area contributed by atoms with Gasteiger partial charge in [-0.05, 0) is 79.1 Å². The van der Waals surface area contributed by atoms with Gasteiger partial charge in [0.25, 0.3) is 0 Å². The lowest BCUT2D eigenvalue weighted by Crippen LogP contribution is -2.54. The maximum Gasteiger partial charge on any atom is 0.119 e. The lowest BCUT2D eigenvalue weighted by Gasteiger charge is -2.51. The predicted octanol–water partition coefficient (Wildman–Crippen LogP) is 6.54. The second-order valence-electron chi connectivity index (χ2n) is 10.00. The van der Waals surface area contributed by atoms with Crippen molar-refractivity contribution in [2.45, 2.75) is 31.1 Å². The molecular formula is C30H31BrN2O. The Kier molecular flexibility index (Phi) is 5.74. The second kappa shape index (κ2) is 8.90. The molecule has 0 saturated carbocycles. The van der Waals surface area contributed by atoms with Crippen molar-refractivity contribution in [1.82, 2.24) is 9.88 Å². The van der Waals surface area contributed by atoms with Crippen LogP contribution in [-0.4, -0.2) is 36.6 Å². The number of methoxy groups -OCH3 is 1. The van der Waals surface area contributed by atoms with Gasteiger partial charge in [0.15, 0.2) is 0 Å². The van der Waals surface area contributed by atoms with E-state index in [1.807, 2.05) is 0 Å². The fourth-order valence-corrected chi connectivity index (χ4v) is 7.05. The number of piperidine rings is 1. The molecule has 1 saturated heterocycles. The molecule has 1 aliphatic carbocycles. The van der Waals surface area contributed by atoms with E-state index < -0.39 is 0 Å². The summed E-state index contributed by atoms with van der Waals surface area (Å²) < 4.78 is 6.84. The van der Waals surface area contributed by atoms with Crippen molar-refractivity contribution in [3.05, 3.63) is 99.7 Å². The highest BCUT2D eigenvalue weighted by Gasteiger charge is 2.48. The van der Waals surface area contributed by atoms with Crippen LogP contribution >= 0.6 is 15.9 Å². The van der Waals surface area contributed by atoms with Crippen LogP contribution in [0.2, 0.25) is 0 Å². The average Bonchev–Trinajstić information content (AvgIpc) is 3.24. The zero-order chi connectivity index (χ0) is 23.1. The topological polar surface area (TPSA) is 28.3 Å². The van der Waals surface area contributed by atoms with Crippen LogP contribution in [0.5, 0.6) is 5.75 Å². The first-order valence-electron chi connectivity index (χ1n) is 12.3. The third kappa shape index (κ3) is 3.77. The summed E-state index contributed by atoms with van der Waals surface area (Å²) in [6, 6.07) is 26.3. The molecule has 1 N–H and O–H groups in total. The van der Waals surface area contributed by atoms with E-state index in [0.29, 0.717) is 5.92 Å². The van der Waals surface area contributed by atoms with Gasteiger partial charge < -0.3 is 14.6 Å². The number of rotatable bonds is 5. The van der Waals surface area contributed by atoms with Gasteiger partial charge in [0.2, 0.25) is 0 Å². The first-order valence-corrected chi connectivity index (χ1v) is 13.1. The molecule has 2 atom stereocenters. The monoisotopic (exact) mass is 514 g/mol. The summed E-state index contributed by atoms with van der Waals surface area (Å²) in [5.41, 5.74) is 7.17. The first-order chi connectivity index (χ1) is 16.7. The maximum absolute atomic E-state index is 5.64. The van der Waals surface area contributed by atoms with Gasteiger partial charge in [-0.3, -0.25) is 0 Å². The number of hydrogen-bond acceptors (Lipinski definition) is 2. The average molecular weight is 515 g/mol. The van der Waals surface area contributed by atoms with E-state index >= 15 is 0 Å². The molecule has 6 rings (SSSR count). The number of H-pyrrole nitrogens is 1. The summed E-state index contributed by atoms with van der Waals surface area (Å²) in [4.78, 5) is 6.50. The van der Waals surface area contributed by atoms with Crippen molar-refractivity contribution >= 4 is 26.8 Å². The van der Waals surface area contributed by atoms with Crippen LogP contribution in [0.1, 0.15) is 28.8 Å². The SMILES string of the molecule is COc1cccc(C23CCN(CCc4ccccc4)CC2Cc2c([nH]c4cccc(Br)c24)C3)c1. The Labute approximate surface area is 210 Å². The van der Waals surface area contributed by atoms with Gasteiger partial charge in [0, 0.05) is 39.6 Å². The first kappa shape index (κ1) is 21.9. The summed E-state index contributed by atoms with van der Waals surface area (Å²) >= 11 is 3.84. The number of hydrogen-bond donors (Lipinski definition) is 1. The highest BCUT2D eigenvalue weighted by atomic mass is 79.9. The van der Waals surface area contributed by atoms with Gasteiger partial charge in [0.05, 0.1) is 7.11 Å². The molecule has 0 amide bonds. The number of nitrogens with one attached hydrogen (secondary N) is 1. The van der Waals surface area contributed by atoms with Gasteiger partial charge in [-0.2, -0.15) is 0 Å². The molecule has 3 nitrogen and oxygen atoms in total. The quantitative estimate of drug-likeness (QED) is 0.327. The highest BCUT2D eigenvalue weighted by Crippen LogP contribution is 2.50. The molecular weight excluding hydrogens is 484 g/mol. The van der Waals surface area contributed by atoms with Crippen molar-refractivity contribution in [2.75, 3.05) is 26.7 Å². The molecule has 3 aromatic carbocycles. The van der Waals surface area contributed by atoms with Gasteiger partial charge in [-0.25, -0.2) is 0 Å². The Balaban J connectivity index is 1.37. The zero-order valence-corrected chi connectivity index (χ0v) is 21.3. The number of aromatic amines is 1. The number of aromatic nitrogens is 1. The Morgan fingerprint density at radius 3 is 2.76 bits per heavy atom. The number of benzene rings is 3. The normalized spacial score (nSPS) is 22.4. The van der Waals surface area contributed by atoms with E-state index in [9.17, 15) is 0 Å². The third-order valence-electron chi connectivity index (χ3n) is 8.25. The molecule has 2 unspecified atom stereocenters. The fraction of sp³-hybridized carbons (Fsp3) is 0.333. The minimum Gasteiger partial charge on any atom is -0.497 e. The second-order valence-corrected chi connectivity index (χ2v) is 10.9. The molecule has 2 aliphatic rings. The Hall–Kier alpha value is -2.56. The van der Waals surface area contributed by atoms with Gasteiger partial charge >= 0.3 is 0 Å². The number of likely N-dealkylation sites (tertiary alicyclic amines) is 1. The summed E-state index contributed by atoms with van der Waals surface area (Å²) in [7, 11) is 1.77. The molecule has 0 spiro atoms. The number of ether oxygens (including phenoxy) is 1. The van der Waals surface area contributed by atoms with Crippen molar-refractivity contribution in [3.63, 3.8) is 0 Å². The van der Waals surface area contributed by atoms with Crippen LogP contribution < -0.4 is 4.74 Å². The predicted molar refractivity (Wildman–Crippen MR) is 143 cm³/mol. The van der Waals surface area contributed by atoms with E-state index in [-0.39, 0.29) is 5.41 Å². The van der Waals surface area contributed by atoms with E-state index in [0.717, 1.165) is 44.6 Å². The molecule has 1 aromatic heterocycles. The van der Waals surface area contributed by atoms with Gasteiger partial charge in [-0.1, -0.05) is 64.5 Å². The standard InChI is InChI=1S/C30H31BrN2O/c1-34-24-10-5-9-22(17-24)30-14-16-33(15-13-21-7-3-2-4-8-21)20-23(30)18-25-28(19-30)32-27-12-6-11-26(31)29(25)27/h2-12,17,23,32H,13-16,18-20H2,1H3. The maximum atomic E-state index is 5.64. The zero-order valence-electron chi connectivity index (χ0n) is 19.7. The minimum absolute atomic E-state index is 0.137. The third-order valence-corrected chi connectivity index (χ3v) is 8.91. The summed E-state index contributed by atoms with van der Waals surface area (Å²) in [6.07, 6.45) is 4.46.